The molecule has 0 aliphatic carbocycles. The molecule has 0 amide bonds. The van der Waals surface area contributed by atoms with Gasteiger partial charge in [-0.1, -0.05) is 33.8 Å². The molecule has 0 aromatic heterocycles. The number of hydrogen-bond acceptors (Lipinski definition) is 9. The number of carboxylic acid groups (broad SMARTS) is 1. The lowest BCUT2D eigenvalue weighted by Crippen LogP contribution is -2.52. The largest absolute Gasteiger partial charge is 0.508 e. The Bertz CT molecular complexity index is 928. The summed E-state index contributed by atoms with van der Waals surface area (Å²) in [6.45, 7) is 11.2. The van der Waals surface area contributed by atoms with Crippen molar-refractivity contribution in [2.24, 2.45) is 17.6 Å². The number of esters is 2. The summed E-state index contributed by atoms with van der Waals surface area (Å²) in [4.78, 5) is 48.4. The number of carboxylic acids is 1. The van der Waals surface area contributed by atoms with E-state index in [1.807, 2.05) is 27.7 Å². The zero-order valence-corrected chi connectivity index (χ0v) is 22.7. The van der Waals surface area contributed by atoms with Crippen molar-refractivity contribution in [2.45, 2.75) is 91.7 Å². The molecule has 0 saturated carbocycles. The zero-order valence-electron chi connectivity index (χ0n) is 22.7. The Morgan fingerprint density at radius 1 is 0.919 bits per heavy atom. The van der Waals surface area contributed by atoms with E-state index in [4.69, 9.17) is 24.7 Å². The summed E-state index contributed by atoms with van der Waals surface area (Å²) >= 11 is 0. The number of carbonyl (C=O) groups excluding carboxylic acids is 3. The van der Waals surface area contributed by atoms with Crippen molar-refractivity contribution in [3.8, 4) is 11.5 Å². The highest BCUT2D eigenvalue weighted by molar-refractivity contribution is 5.79. The predicted octanol–water partition coefficient (Wildman–Crippen LogP) is 4.65. The minimum Gasteiger partial charge on any atom is -0.480 e. The van der Waals surface area contributed by atoms with Gasteiger partial charge in [0.15, 0.2) is 11.5 Å². The smallest absolute Gasteiger partial charge is 0.480 e. The van der Waals surface area contributed by atoms with Crippen LogP contribution in [0.2, 0.25) is 0 Å². The third kappa shape index (κ3) is 12.1. The molecule has 10 heteroatoms. The first-order chi connectivity index (χ1) is 17.2. The van der Waals surface area contributed by atoms with Crippen LogP contribution in [-0.4, -0.2) is 47.4 Å². The van der Waals surface area contributed by atoms with Crippen molar-refractivity contribution in [1.82, 2.24) is 0 Å². The third-order valence-corrected chi connectivity index (χ3v) is 5.46. The second kappa shape index (κ2) is 15.2. The Morgan fingerprint density at radius 2 is 1.46 bits per heavy atom. The minimum absolute atomic E-state index is 0.00714. The van der Waals surface area contributed by atoms with Crippen LogP contribution in [0.4, 0.5) is 4.79 Å². The summed E-state index contributed by atoms with van der Waals surface area (Å²) in [7, 11) is 0. The van der Waals surface area contributed by atoms with Gasteiger partial charge in [0.05, 0.1) is 6.61 Å². The fraction of sp³-hybridized carbons (Fsp3) is 0.630. The van der Waals surface area contributed by atoms with Gasteiger partial charge in [-0.15, -0.1) is 0 Å². The Labute approximate surface area is 218 Å². The van der Waals surface area contributed by atoms with Crippen LogP contribution in [0, 0.1) is 11.8 Å². The monoisotopic (exact) mass is 523 g/mol. The zero-order chi connectivity index (χ0) is 28.2. The van der Waals surface area contributed by atoms with Crippen LogP contribution < -0.4 is 15.2 Å². The van der Waals surface area contributed by atoms with Crippen molar-refractivity contribution in [1.29, 1.82) is 0 Å². The van der Waals surface area contributed by atoms with E-state index in [2.05, 4.69) is 0 Å². The second-order valence-electron chi connectivity index (χ2n) is 10.0. The lowest BCUT2D eigenvalue weighted by Gasteiger charge is -2.28. The van der Waals surface area contributed by atoms with Crippen molar-refractivity contribution in [2.75, 3.05) is 6.61 Å². The summed E-state index contributed by atoms with van der Waals surface area (Å²) in [5.41, 5.74) is 4.84. The number of benzene rings is 1. The first-order valence-corrected chi connectivity index (χ1v) is 12.7. The second-order valence-corrected chi connectivity index (χ2v) is 10.0. The molecular formula is C27H41NO9. The van der Waals surface area contributed by atoms with E-state index in [1.54, 1.807) is 13.0 Å². The number of aliphatic carboxylic acids is 1. The molecule has 2 atom stereocenters. The molecule has 0 spiro atoms. The number of ether oxygens (including phenoxy) is 4. The van der Waals surface area contributed by atoms with Gasteiger partial charge >= 0.3 is 24.1 Å². The van der Waals surface area contributed by atoms with Gasteiger partial charge in [0, 0.05) is 25.7 Å². The summed E-state index contributed by atoms with van der Waals surface area (Å²) in [5, 5.41) is 9.84. The molecular weight excluding hydrogens is 482 g/mol. The van der Waals surface area contributed by atoms with E-state index in [0.717, 1.165) is 0 Å². The van der Waals surface area contributed by atoms with E-state index in [9.17, 15) is 24.3 Å². The van der Waals surface area contributed by atoms with Gasteiger partial charge < -0.3 is 29.8 Å². The summed E-state index contributed by atoms with van der Waals surface area (Å²) in [5.74, 6) is -1.60. The molecule has 1 aromatic carbocycles. The van der Waals surface area contributed by atoms with Gasteiger partial charge in [0.2, 0.25) is 0 Å². The maximum atomic E-state index is 12.4. The molecule has 0 aliphatic rings. The van der Waals surface area contributed by atoms with E-state index >= 15 is 0 Å². The first-order valence-electron chi connectivity index (χ1n) is 12.7. The highest BCUT2D eigenvalue weighted by Crippen LogP contribution is 2.32. The Hall–Kier alpha value is -3.14. The fourth-order valence-electron chi connectivity index (χ4n) is 3.46. The van der Waals surface area contributed by atoms with Crippen LogP contribution in [0.5, 0.6) is 11.5 Å². The SMILES string of the molecule is CCOC(=O)O[C@@H](C)CC(N)(Cc1ccc(OC(=O)CCC(C)C)c(OC(=O)CCC(C)C)c1)C(=O)O. The quantitative estimate of drug-likeness (QED) is 0.245. The molecule has 1 aromatic rings. The normalized spacial score (nSPS) is 13.5. The van der Waals surface area contributed by atoms with Crippen molar-refractivity contribution >= 4 is 24.1 Å². The molecule has 3 N–H and O–H groups in total. The molecule has 0 aliphatic heterocycles. The maximum Gasteiger partial charge on any atom is 0.508 e. The van der Waals surface area contributed by atoms with Gasteiger partial charge in [0.25, 0.3) is 0 Å². The van der Waals surface area contributed by atoms with Crippen LogP contribution in [-0.2, 0) is 30.3 Å². The number of rotatable bonds is 15. The van der Waals surface area contributed by atoms with Gasteiger partial charge in [-0.05, 0) is 56.2 Å². The van der Waals surface area contributed by atoms with E-state index in [1.165, 1.54) is 19.1 Å². The fourth-order valence-corrected chi connectivity index (χ4v) is 3.46. The van der Waals surface area contributed by atoms with Crippen molar-refractivity contribution < 1.29 is 43.2 Å². The van der Waals surface area contributed by atoms with Crippen LogP contribution in [0.15, 0.2) is 18.2 Å². The predicted molar refractivity (Wildman–Crippen MR) is 136 cm³/mol. The van der Waals surface area contributed by atoms with Gasteiger partial charge in [0.1, 0.15) is 11.6 Å². The molecule has 1 unspecified atom stereocenters. The summed E-state index contributed by atoms with van der Waals surface area (Å²) in [6, 6.07) is 4.45. The Kier molecular flexibility index (Phi) is 13.1. The lowest BCUT2D eigenvalue weighted by molar-refractivity contribution is -0.144. The van der Waals surface area contributed by atoms with Crippen molar-refractivity contribution in [3.63, 3.8) is 0 Å². The first kappa shape index (κ1) is 31.9. The molecule has 1 rings (SSSR count). The third-order valence-electron chi connectivity index (χ3n) is 5.46. The lowest BCUT2D eigenvalue weighted by atomic mass is 9.86. The number of hydrogen-bond donors (Lipinski definition) is 2. The molecule has 37 heavy (non-hydrogen) atoms. The van der Waals surface area contributed by atoms with Gasteiger partial charge in [-0.2, -0.15) is 0 Å². The summed E-state index contributed by atoms with van der Waals surface area (Å²) < 4.78 is 20.8. The highest BCUT2D eigenvalue weighted by Gasteiger charge is 2.37. The Morgan fingerprint density at radius 3 is 1.95 bits per heavy atom. The van der Waals surface area contributed by atoms with Crippen molar-refractivity contribution in [3.05, 3.63) is 23.8 Å². The average molecular weight is 524 g/mol. The molecule has 0 fully saturated rings. The van der Waals surface area contributed by atoms with E-state index in [-0.39, 0.29) is 43.8 Å². The Balaban J connectivity index is 3.16. The highest BCUT2D eigenvalue weighted by atomic mass is 16.7. The van der Waals surface area contributed by atoms with E-state index in [0.29, 0.717) is 30.2 Å². The summed E-state index contributed by atoms with van der Waals surface area (Å²) in [6.07, 6.45) is -0.499. The average Bonchev–Trinajstić information content (AvgIpc) is 2.77. The molecule has 0 saturated heterocycles. The van der Waals surface area contributed by atoms with Gasteiger partial charge in [-0.3, -0.25) is 14.4 Å². The van der Waals surface area contributed by atoms with Gasteiger partial charge in [-0.25, -0.2) is 4.79 Å². The maximum absolute atomic E-state index is 12.4. The number of nitrogens with two attached hydrogens (primary N) is 1. The minimum atomic E-state index is -1.81. The van der Waals surface area contributed by atoms with Crippen LogP contribution in [0.25, 0.3) is 0 Å². The molecule has 10 nitrogen and oxygen atoms in total. The standard InChI is InChI=1S/C27H41NO9/c1-7-34-26(33)35-19(6)15-27(28,25(31)32)16-20-10-11-21(36-23(29)12-8-17(2)3)22(14-20)37-24(30)13-9-18(4)5/h10-11,14,17-19H,7-9,12-13,15-16,28H2,1-6H3,(H,31,32)/t19-,27?/m0/s1. The molecule has 0 bridgehead atoms. The van der Waals surface area contributed by atoms with Crippen LogP contribution in [0.3, 0.4) is 0 Å². The number of carbonyl (C=O) groups is 4. The van der Waals surface area contributed by atoms with E-state index < -0.39 is 35.7 Å². The molecule has 0 heterocycles. The molecule has 0 radical (unpaired) electrons. The topological polar surface area (TPSA) is 151 Å². The van der Waals surface area contributed by atoms with Crippen LogP contribution in [0.1, 0.15) is 79.2 Å². The van der Waals surface area contributed by atoms with Crippen LogP contribution >= 0.6 is 0 Å². The molecule has 208 valence electrons.